The number of H-pyrrole nitrogens is 2. The van der Waals surface area contributed by atoms with Crippen LogP contribution in [0.5, 0.6) is 0 Å². The van der Waals surface area contributed by atoms with Crippen molar-refractivity contribution >= 4 is 68.5 Å². The second-order valence-electron chi connectivity index (χ2n) is 16.1. The number of amides is 3. The zero-order valence-corrected chi connectivity index (χ0v) is 39.2. The molecular formula is C48H54Cl2F2N8O6. The molecule has 0 bridgehead atoms. The van der Waals surface area contributed by atoms with Crippen LogP contribution in [-0.4, -0.2) is 138 Å². The molecule has 350 valence electrons. The number of carbonyl (C=O) groups excluding carboxylic acids is 4. The van der Waals surface area contributed by atoms with Gasteiger partial charge in [-0.1, -0.05) is 47.5 Å². The molecule has 2 atom stereocenters. The van der Waals surface area contributed by atoms with Crippen molar-refractivity contribution in [3.8, 4) is 0 Å². The Balaban J connectivity index is 0.000000207. The number of hydrogen-bond donors (Lipinski definition) is 3. The summed E-state index contributed by atoms with van der Waals surface area (Å²) in [6.07, 6.45) is 3.27. The largest absolute Gasteiger partial charge is 0.361 e. The minimum atomic E-state index is -0.831. The smallest absolute Gasteiger partial charge is 0.318 e. The van der Waals surface area contributed by atoms with E-state index in [-0.39, 0.29) is 51.7 Å². The van der Waals surface area contributed by atoms with Crippen molar-refractivity contribution in [2.45, 2.75) is 39.0 Å². The molecule has 18 heteroatoms. The van der Waals surface area contributed by atoms with Crippen LogP contribution in [0.4, 0.5) is 8.78 Å². The van der Waals surface area contributed by atoms with E-state index in [1.807, 2.05) is 42.3 Å². The van der Waals surface area contributed by atoms with Gasteiger partial charge in [-0.05, 0) is 79.6 Å². The molecule has 0 spiro atoms. The Kier molecular flexibility index (Phi) is 17.1. The second-order valence-corrected chi connectivity index (χ2v) is 16.9. The summed E-state index contributed by atoms with van der Waals surface area (Å²) in [6, 6.07) is 21.7. The third kappa shape index (κ3) is 12.0. The van der Waals surface area contributed by atoms with Crippen molar-refractivity contribution in [3.05, 3.63) is 141 Å². The highest BCUT2D eigenvalue weighted by atomic mass is 35.5. The Bertz CT molecular complexity index is 2640. The summed E-state index contributed by atoms with van der Waals surface area (Å²) in [5.74, 6) is -2.36. The van der Waals surface area contributed by atoms with Crippen molar-refractivity contribution < 1.29 is 37.6 Å². The summed E-state index contributed by atoms with van der Waals surface area (Å²) in [7, 11) is 5.91. The molecule has 3 N–H and O–H groups in total. The number of aromatic nitrogens is 2. The monoisotopic (exact) mass is 946 g/mol. The van der Waals surface area contributed by atoms with Gasteiger partial charge in [0.05, 0.1) is 41.0 Å². The van der Waals surface area contributed by atoms with E-state index in [1.54, 1.807) is 49.4 Å². The van der Waals surface area contributed by atoms with Crippen LogP contribution in [0, 0.1) is 11.6 Å². The summed E-state index contributed by atoms with van der Waals surface area (Å²) in [5.41, 5.74) is 6.92. The molecule has 4 heterocycles. The van der Waals surface area contributed by atoms with E-state index in [4.69, 9.17) is 28.0 Å². The fraction of sp³-hybridized carbons (Fsp3) is 0.333. The molecule has 0 saturated carbocycles. The number of likely N-dealkylation sites (N-methyl/N-ethyl adjacent to an activating group) is 1. The third-order valence-electron chi connectivity index (χ3n) is 11.7. The SMILES string of the molecule is CNOC.CON(C)C(=O)C(=O)c1c[nH]c2cc(Cl)c(C(=O)N3CCN(Cc4ccc(F)cc4)C[C@H]3C)cc12.C[C@@H]1CN(Cc2ccc(F)cc2)CCN1C(=O)c1cc2cc[nH]c2cc1Cl. The minimum Gasteiger partial charge on any atom is -0.361 e. The Morgan fingerprint density at radius 1 is 0.712 bits per heavy atom. The van der Waals surface area contributed by atoms with Crippen LogP contribution < -0.4 is 5.48 Å². The Morgan fingerprint density at radius 3 is 1.67 bits per heavy atom. The summed E-state index contributed by atoms with van der Waals surface area (Å²) in [6.45, 7) is 9.41. The maximum atomic E-state index is 13.5. The lowest BCUT2D eigenvalue weighted by Gasteiger charge is -2.40. The molecule has 0 radical (unpaired) electrons. The maximum Gasteiger partial charge on any atom is 0.318 e. The van der Waals surface area contributed by atoms with E-state index < -0.39 is 11.7 Å². The number of fused-ring (bicyclic) bond motifs is 2. The van der Waals surface area contributed by atoms with E-state index in [2.05, 4.69) is 37.0 Å². The first kappa shape index (κ1) is 49.7. The van der Waals surface area contributed by atoms with Crippen LogP contribution in [0.1, 0.15) is 56.0 Å². The van der Waals surface area contributed by atoms with Crippen LogP contribution in [0.15, 0.2) is 91.3 Å². The highest BCUT2D eigenvalue weighted by Gasteiger charge is 2.32. The van der Waals surface area contributed by atoms with Gasteiger partial charge in [-0.25, -0.2) is 19.3 Å². The number of rotatable bonds is 10. The number of nitrogens with zero attached hydrogens (tertiary/aromatic N) is 5. The molecule has 4 aromatic carbocycles. The van der Waals surface area contributed by atoms with Gasteiger partial charge < -0.3 is 24.6 Å². The number of ketones is 1. The summed E-state index contributed by atoms with van der Waals surface area (Å²) in [4.78, 5) is 74.8. The first-order valence-electron chi connectivity index (χ1n) is 21.3. The number of hydroxylamine groups is 3. The zero-order valence-electron chi connectivity index (χ0n) is 37.7. The van der Waals surface area contributed by atoms with Crippen molar-refractivity contribution in [2.75, 3.05) is 67.6 Å². The maximum absolute atomic E-state index is 13.5. The number of Topliss-reactive ketones (excluding diaryl/α,β-unsaturated/α-hetero) is 1. The molecule has 3 amide bonds. The Morgan fingerprint density at radius 2 is 1.20 bits per heavy atom. The van der Waals surface area contributed by atoms with Gasteiger partial charge in [-0.15, -0.1) is 0 Å². The number of aromatic amines is 2. The van der Waals surface area contributed by atoms with Crippen molar-refractivity contribution in [2.24, 2.45) is 0 Å². The Labute approximate surface area is 392 Å². The van der Waals surface area contributed by atoms with Gasteiger partial charge in [0, 0.05) is 113 Å². The fourth-order valence-electron chi connectivity index (χ4n) is 8.04. The number of piperazine rings is 2. The molecule has 8 rings (SSSR count). The predicted molar refractivity (Wildman–Crippen MR) is 251 cm³/mol. The number of nitrogens with one attached hydrogen (secondary N) is 3. The molecule has 2 aliphatic rings. The zero-order chi connectivity index (χ0) is 47.7. The molecule has 2 aromatic heterocycles. The Hall–Kier alpha value is -5.72. The van der Waals surface area contributed by atoms with Crippen LogP contribution in [0.25, 0.3) is 21.8 Å². The van der Waals surface area contributed by atoms with Gasteiger partial charge in [0.15, 0.2) is 0 Å². The quantitative estimate of drug-likeness (QED) is 0.0719. The molecule has 0 unspecified atom stereocenters. The van der Waals surface area contributed by atoms with E-state index in [9.17, 15) is 28.0 Å². The third-order valence-corrected chi connectivity index (χ3v) is 12.3. The van der Waals surface area contributed by atoms with Crippen LogP contribution in [-0.2, 0) is 27.6 Å². The normalized spacial score (nSPS) is 16.6. The van der Waals surface area contributed by atoms with E-state index in [0.29, 0.717) is 54.2 Å². The molecule has 14 nitrogen and oxygen atoms in total. The highest BCUT2D eigenvalue weighted by molar-refractivity contribution is 6.45. The van der Waals surface area contributed by atoms with Crippen molar-refractivity contribution in [1.82, 2.24) is 40.1 Å². The average Bonchev–Trinajstić information content (AvgIpc) is 3.95. The van der Waals surface area contributed by atoms with Gasteiger partial charge in [0.2, 0.25) is 0 Å². The lowest BCUT2D eigenvalue weighted by Crippen LogP contribution is -2.53. The molecule has 6 aromatic rings. The summed E-state index contributed by atoms with van der Waals surface area (Å²) < 4.78 is 26.3. The van der Waals surface area contributed by atoms with Crippen LogP contribution in [0.3, 0.4) is 0 Å². The van der Waals surface area contributed by atoms with Crippen molar-refractivity contribution in [1.29, 1.82) is 0 Å². The standard InChI is InChI=1S/C25H26ClFN4O4.C21H21ClFN3O.C2H7NO/c1-15-13-30(14-16-4-6-17(27)7-5-16)8-9-31(15)24(33)19-10-18-20(12-28-22(18)11-21(19)26)23(32)25(34)29(2)35-3;1-14-12-25(13-15-2-4-17(23)5-3-15)8-9-26(14)21(27)18-10-16-6-7-24-20(16)11-19(18)22;1-3-4-2/h4-7,10-12,15,28H,8-9,13-14H2,1-3H3;2-7,10-11,14,24H,8-9,12-13H2,1H3;3H,1-2H3/t15-;14-;/m11./s1. The molecule has 2 saturated heterocycles. The van der Waals surface area contributed by atoms with Gasteiger partial charge in [0.1, 0.15) is 11.6 Å². The lowest BCUT2D eigenvalue weighted by atomic mass is 10.0. The highest BCUT2D eigenvalue weighted by Crippen LogP contribution is 2.30. The summed E-state index contributed by atoms with van der Waals surface area (Å²) >= 11 is 12.8. The van der Waals surface area contributed by atoms with E-state index in [1.165, 1.54) is 44.6 Å². The molecule has 2 aliphatic heterocycles. The number of benzene rings is 4. The predicted octanol–water partition coefficient (Wildman–Crippen LogP) is 7.58. The van der Waals surface area contributed by atoms with E-state index in [0.717, 1.165) is 46.7 Å². The number of carbonyl (C=O) groups is 4. The number of halogens is 4. The fourth-order valence-corrected chi connectivity index (χ4v) is 8.53. The molecule has 0 aliphatic carbocycles. The topological polar surface area (TPSA) is 147 Å². The molecular weight excluding hydrogens is 893 g/mol. The molecule has 2 fully saturated rings. The summed E-state index contributed by atoms with van der Waals surface area (Å²) in [5, 5.41) is 2.98. The van der Waals surface area contributed by atoms with Gasteiger partial charge in [-0.3, -0.25) is 33.8 Å². The van der Waals surface area contributed by atoms with Gasteiger partial charge >= 0.3 is 5.91 Å². The average molecular weight is 948 g/mol. The van der Waals surface area contributed by atoms with E-state index >= 15 is 0 Å². The van der Waals surface area contributed by atoms with Crippen molar-refractivity contribution in [3.63, 3.8) is 0 Å². The number of hydrogen-bond acceptors (Lipinski definition) is 9. The minimum absolute atomic E-state index is 0.0305. The molecule has 66 heavy (non-hydrogen) atoms. The first-order valence-corrected chi connectivity index (χ1v) is 22.1. The van der Waals surface area contributed by atoms with Crippen LogP contribution >= 0.6 is 23.2 Å². The van der Waals surface area contributed by atoms with Gasteiger partial charge in [-0.2, -0.15) is 0 Å². The lowest BCUT2D eigenvalue weighted by molar-refractivity contribution is -0.162. The van der Waals surface area contributed by atoms with Gasteiger partial charge in [0.25, 0.3) is 17.6 Å². The second kappa shape index (κ2) is 22.7. The van der Waals surface area contributed by atoms with Crippen LogP contribution in [0.2, 0.25) is 10.0 Å². The first-order chi connectivity index (χ1) is 31.6.